The van der Waals surface area contributed by atoms with Crippen LogP contribution in [0.25, 0.3) is 0 Å². The fourth-order valence-electron chi connectivity index (χ4n) is 3.33. The quantitative estimate of drug-likeness (QED) is 0.835. The first kappa shape index (κ1) is 16.2. The summed E-state index contributed by atoms with van der Waals surface area (Å²) in [6.07, 6.45) is 2.20. The molecular formula is C21H28N2. The van der Waals surface area contributed by atoms with Gasteiger partial charge >= 0.3 is 0 Å². The van der Waals surface area contributed by atoms with E-state index >= 15 is 0 Å². The molecule has 2 heteroatoms. The molecule has 0 aromatic heterocycles. The van der Waals surface area contributed by atoms with Crippen molar-refractivity contribution in [3.63, 3.8) is 0 Å². The van der Waals surface area contributed by atoms with E-state index in [9.17, 15) is 0 Å². The minimum absolute atomic E-state index is 1.04. The van der Waals surface area contributed by atoms with Gasteiger partial charge in [-0.05, 0) is 43.5 Å². The molecule has 0 radical (unpaired) electrons. The minimum Gasteiger partial charge on any atom is -0.304 e. The highest BCUT2D eigenvalue weighted by Crippen LogP contribution is 2.18. The van der Waals surface area contributed by atoms with E-state index < -0.39 is 0 Å². The largest absolute Gasteiger partial charge is 0.304 e. The first-order valence-electron chi connectivity index (χ1n) is 8.74. The lowest BCUT2D eigenvalue weighted by Gasteiger charge is -2.32. The molecule has 0 spiro atoms. The maximum absolute atomic E-state index is 2.60. The molecule has 1 saturated heterocycles. The van der Waals surface area contributed by atoms with Crippen molar-refractivity contribution in [1.29, 1.82) is 0 Å². The summed E-state index contributed by atoms with van der Waals surface area (Å²) in [5, 5.41) is 0. The van der Waals surface area contributed by atoms with Gasteiger partial charge in [0.1, 0.15) is 0 Å². The van der Waals surface area contributed by atoms with Gasteiger partial charge in [-0.3, -0.25) is 0 Å². The Balaban J connectivity index is 1.66. The van der Waals surface area contributed by atoms with E-state index in [1.807, 2.05) is 0 Å². The second-order valence-corrected chi connectivity index (χ2v) is 6.83. The average Bonchev–Trinajstić information content (AvgIpc) is 2.57. The SMILES string of the molecule is Cc1ccc(CCN2CCN(C)CC2)c(Cc2ccccc2)c1. The predicted molar refractivity (Wildman–Crippen MR) is 98.1 cm³/mol. The van der Waals surface area contributed by atoms with E-state index in [0.29, 0.717) is 0 Å². The summed E-state index contributed by atoms with van der Waals surface area (Å²) in [7, 11) is 2.22. The highest BCUT2D eigenvalue weighted by Gasteiger charge is 2.14. The monoisotopic (exact) mass is 308 g/mol. The van der Waals surface area contributed by atoms with E-state index in [1.54, 1.807) is 0 Å². The van der Waals surface area contributed by atoms with Gasteiger partial charge in [-0.2, -0.15) is 0 Å². The summed E-state index contributed by atoms with van der Waals surface area (Å²) in [5.74, 6) is 0. The van der Waals surface area contributed by atoms with Crippen LogP contribution in [0.3, 0.4) is 0 Å². The molecule has 1 heterocycles. The zero-order chi connectivity index (χ0) is 16.1. The first-order valence-corrected chi connectivity index (χ1v) is 8.74. The Morgan fingerprint density at radius 3 is 2.35 bits per heavy atom. The Hall–Kier alpha value is -1.64. The van der Waals surface area contributed by atoms with Crippen molar-refractivity contribution in [2.24, 2.45) is 0 Å². The molecule has 2 nitrogen and oxygen atoms in total. The summed E-state index contributed by atoms with van der Waals surface area (Å²) in [5.41, 5.74) is 5.77. The maximum Gasteiger partial charge on any atom is 0.0110 e. The zero-order valence-electron chi connectivity index (χ0n) is 14.5. The van der Waals surface area contributed by atoms with Crippen molar-refractivity contribution >= 4 is 0 Å². The van der Waals surface area contributed by atoms with Gasteiger partial charge in [0.2, 0.25) is 0 Å². The Morgan fingerprint density at radius 1 is 0.870 bits per heavy atom. The number of hydrogen-bond donors (Lipinski definition) is 0. The summed E-state index contributed by atoms with van der Waals surface area (Å²) in [4.78, 5) is 5.02. The molecule has 0 atom stereocenters. The average molecular weight is 308 g/mol. The lowest BCUT2D eigenvalue weighted by Crippen LogP contribution is -2.45. The lowest BCUT2D eigenvalue weighted by molar-refractivity contribution is 0.155. The van der Waals surface area contributed by atoms with Crippen LogP contribution in [0, 0.1) is 6.92 Å². The topological polar surface area (TPSA) is 6.48 Å². The number of hydrogen-bond acceptors (Lipinski definition) is 2. The fourth-order valence-corrected chi connectivity index (χ4v) is 3.33. The predicted octanol–water partition coefficient (Wildman–Crippen LogP) is 3.38. The van der Waals surface area contributed by atoms with Crippen LogP contribution < -0.4 is 0 Å². The van der Waals surface area contributed by atoms with Crippen LogP contribution in [-0.4, -0.2) is 49.6 Å². The van der Waals surface area contributed by atoms with Crippen LogP contribution in [0.5, 0.6) is 0 Å². The molecule has 1 fully saturated rings. The number of rotatable bonds is 5. The van der Waals surface area contributed by atoms with Gasteiger partial charge in [-0.1, -0.05) is 54.1 Å². The van der Waals surface area contributed by atoms with Crippen molar-refractivity contribution in [2.75, 3.05) is 39.8 Å². The summed E-state index contributed by atoms with van der Waals surface area (Å²) < 4.78 is 0. The molecular weight excluding hydrogens is 280 g/mol. The second-order valence-electron chi connectivity index (χ2n) is 6.83. The molecule has 2 aromatic rings. The molecule has 0 amide bonds. The van der Waals surface area contributed by atoms with Crippen molar-refractivity contribution < 1.29 is 0 Å². The second kappa shape index (κ2) is 7.76. The number of aryl methyl sites for hydroxylation is 1. The van der Waals surface area contributed by atoms with Crippen LogP contribution in [-0.2, 0) is 12.8 Å². The lowest BCUT2D eigenvalue weighted by atomic mass is 9.96. The van der Waals surface area contributed by atoms with Crippen molar-refractivity contribution in [1.82, 2.24) is 9.80 Å². The Morgan fingerprint density at radius 2 is 1.61 bits per heavy atom. The van der Waals surface area contributed by atoms with Gasteiger partial charge in [-0.25, -0.2) is 0 Å². The molecule has 1 aliphatic heterocycles. The van der Waals surface area contributed by atoms with E-state index in [-0.39, 0.29) is 0 Å². The Bertz CT molecular complexity index is 613. The standard InChI is InChI=1S/C21H28N2/c1-18-8-9-20(10-11-23-14-12-22(2)13-15-23)21(16-18)17-19-6-4-3-5-7-19/h3-9,16H,10-15,17H2,1-2H3. The van der Waals surface area contributed by atoms with Crippen LogP contribution >= 0.6 is 0 Å². The van der Waals surface area contributed by atoms with E-state index in [1.165, 1.54) is 55.0 Å². The van der Waals surface area contributed by atoms with E-state index in [4.69, 9.17) is 0 Å². The number of nitrogens with zero attached hydrogens (tertiary/aromatic N) is 2. The summed E-state index contributed by atoms with van der Waals surface area (Å²) in [6, 6.07) is 17.8. The van der Waals surface area contributed by atoms with Gasteiger partial charge in [0.15, 0.2) is 0 Å². The molecule has 0 saturated carbocycles. The zero-order valence-corrected chi connectivity index (χ0v) is 14.5. The minimum atomic E-state index is 1.04. The maximum atomic E-state index is 2.60. The normalized spacial score (nSPS) is 16.6. The molecule has 2 aromatic carbocycles. The van der Waals surface area contributed by atoms with Crippen LogP contribution in [0.2, 0.25) is 0 Å². The smallest absolute Gasteiger partial charge is 0.0110 e. The number of benzene rings is 2. The molecule has 1 aliphatic rings. The molecule has 23 heavy (non-hydrogen) atoms. The summed E-state index contributed by atoms with van der Waals surface area (Å²) in [6.45, 7) is 8.18. The molecule has 0 aliphatic carbocycles. The van der Waals surface area contributed by atoms with Crippen LogP contribution in [0.4, 0.5) is 0 Å². The molecule has 0 unspecified atom stereocenters. The molecule has 0 bridgehead atoms. The van der Waals surface area contributed by atoms with Gasteiger partial charge in [0, 0.05) is 32.7 Å². The Kier molecular flexibility index (Phi) is 5.47. The van der Waals surface area contributed by atoms with E-state index in [2.05, 4.69) is 72.3 Å². The van der Waals surface area contributed by atoms with Gasteiger partial charge in [0.25, 0.3) is 0 Å². The van der Waals surface area contributed by atoms with Gasteiger partial charge < -0.3 is 9.80 Å². The number of likely N-dealkylation sites (N-methyl/N-ethyl adjacent to an activating group) is 1. The van der Waals surface area contributed by atoms with Crippen LogP contribution in [0.1, 0.15) is 22.3 Å². The van der Waals surface area contributed by atoms with Gasteiger partial charge in [-0.15, -0.1) is 0 Å². The molecule has 0 N–H and O–H groups in total. The van der Waals surface area contributed by atoms with Crippen molar-refractivity contribution in [3.05, 3.63) is 70.8 Å². The third-order valence-electron chi connectivity index (χ3n) is 4.89. The number of piperazine rings is 1. The third kappa shape index (κ3) is 4.66. The third-order valence-corrected chi connectivity index (χ3v) is 4.89. The highest BCUT2D eigenvalue weighted by atomic mass is 15.2. The van der Waals surface area contributed by atoms with Crippen LogP contribution in [0.15, 0.2) is 48.5 Å². The first-order chi connectivity index (χ1) is 11.2. The van der Waals surface area contributed by atoms with Crippen molar-refractivity contribution in [3.8, 4) is 0 Å². The van der Waals surface area contributed by atoms with Crippen molar-refractivity contribution in [2.45, 2.75) is 19.8 Å². The highest BCUT2D eigenvalue weighted by molar-refractivity contribution is 5.36. The molecule has 3 rings (SSSR count). The fraction of sp³-hybridized carbons (Fsp3) is 0.429. The molecule has 122 valence electrons. The van der Waals surface area contributed by atoms with Gasteiger partial charge in [0.05, 0.1) is 0 Å². The van der Waals surface area contributed by atoms with E-state index in [0.717, 1.165) is 12.8 Å². The Labute approximate surface area is 140 Å². The summed E-state index contributed by atoms with van der Waals surface area (Å²) >= 11 is 0.